The minimum absolute atomic E-state index is 0.0270. The zero-order chi connectivity index (χ0) is 27.5. The van der Waals surface area contributed by atoms with E-state index in [1.165, 1.54) is 0 Å². The molecule has 0 saturated heterocycles. The Balaban J connectivity index is 2.89. The third-order valence-corrected chi connectivity index (χ3v) is 7.20. The maximum atomic E-state index is 12.3. The first-order valence-corrected chi connectivity index (χ1v) is 14.0. The number of carbonyl (C=O) groups excluding carboxylic acids is 1. The molecule has 6 nitrogen and oxygen atoms in total. The topological polar surface area (TPSA) is 105 Å². The van der Waals surface area contributed by atoms with E-state index in [0.29, 0.717) is 25.3 Å². The number of nitrogens with one attached hydrogen (secondary N) is 1. The van der Waals surface area contributed by atoms with Crippen molar-refractivity contribution in [1.82, 2.24) is 5.32 Å². The lowest BCUT2D eigenvalue weighted by molar-refractivity contribution is -0.125. The number of aliphatic hydroxyl groups is 2. The number of nitrogens with two attached hydrogens (primary N) is 1. The number of carbonyl (C=O) groups is 1. The molecule has 0 aliphatic heterocycles. The Labute approximate surface area is 224 Å². The SMILES string of the molecule is CCCCNC(=O)C(C)C[C@H](O)[C@@H](N)C[C@H](Cc1ccc(C(C)(C)C)c(OCC(O)CCl)c1)C(C)C. The number of halogens is 1. The summed E-state index contributed by atoms with van der Waals surface area (Å²) in [5, 5.41) is 23.6. The molecular formula is C29H51ClN2O4. The summed E-state index contributed by atoms with van der Waals surface area (Å²) < 4.78 is 5.98. The van der Waals surface area contributed by atoms with Crippen LogP contribution in [-0.4, -0.2) is 53.4 Å². The van der Waals surface area contributed by atoms with Crippen LogP contribution in [0.3, 0.4) is 0 Å². The summed E-state index contributed by atoms with van der Waals surface area (Å²) in [6.07, 6.45) is 2.33. The second-order valence-corrected chi connectivity index (χ2v) is 12.0. The van der Waals surface area contributed by atoms with Gasteiger partial charge in [-0.2, -0.15) is 0 Å². The Morgan fingerprint density at radius 3 is 2.39 bits per heavy atom. The number of hydrogen-bond acceptors (Lipinski definition) is 5. The molecule has 1 aromatic carbocycles. The molecule has 1 rings (SSSR count). The van der Waals surface area contributed by atoms with Crippen molar-refractivity contribution in [2.45, 2.75) is 104 Å². The maximum absolute atomic E-state index is 12.3. The van der Waals surface area contributed by atoms with E-state index in [0.717, 1.165) is 36.1 Å². The predicted molar refractivity (Wildman–Crippen MR) is 150 cm³/mol. The third-order valence-electron chi connectivity index (χ3n) is 6.85. The van der Waals surface area contributed by atoms with Gasteiger partial charge in [-0.05, 0) is 60.1 Å². The molecule has 0 aromatic heterocycles. The fourth-order valence-corrected chi connectivity index (χ4v) is 4.36. The molecule has 0 fully saturated rings. The lowest BCUT2D eigenvalue weighted by atomic mass is 9.81. The van der Waals surface area contributed by atoms with Crippen molar-refractivity contribution in [3.8, 4) is 5.75 Å². The Bertz CT molecular complexity index is 781. The van der Waals surface area contributed by atoms with Crippen LogP contribution in [0.25, 0.3) is 0 Å². The number of rotatable bonds is 16. The molecule has 36 heavy (non-hydrogen) atoms. The van der Waals surface area contributed by atoms with Gasteiger partial charge in [-0.1, -0.05) is 67.0 Å². The van der Waals surface area contributed by atoms with Gasteiger partial charge in [-0.15, -0.1) is 11.6 Å². The minimum atomic E-state index is -0.739. The summed E-state index contributed by atoms with van der Waals surface area (Å²) in [6, 6.07) is 5.88. The van der Waals surface area contributed by atoms with E-state index in [4.69, 9.17) is 22.1 Å². The lowest BCUT2D eigenvalue weighted by Gasteiger charge is -2.29. The highest BCUT2D eigenvalue weighted by molar-refractivity contribution is 6.18. The van der Waals surface area contributed by atoms with Crippen molar-refractivity contribution in [2.24, 2.45) is 23.5 Å². The lowest BCUT2D eigenvalue weighted by Crippen LogP contribution is -2.41. The van der Waals surface area contributed by atoms with Gasteiger partial charge in [0.1, 0.15) is 18.5 Å². The van der Waals surface area contributed by atoms with Crippen molar-refractivity contribution in [2.75, 3.05) is 19.0 Å². The molecule has 2 unspecified atom stereocenters. The second-order valence-electron chi connectivity index (χ2n) is 11.7. The van der Waals surface area contributed by atoms with Crippen LogP contribution in [0.4, 0.5) is 0 Å². The van der Waals surface area contributed by atoms with Crippen molar-refractivity contribution >= 4 is 17.5 Å². The van der Waals surface area contributed by atoms with Gasteiger partial charge in [0.25, 0.3) is 0 Å². The Kier molecular flexibility index (Phi) is 14.4. The zero-order valence-corrected chi connectivity index (χ0v) is 24.3. The fraction of sp³-hybridized carbons (Fsp3) is 0.759. The summed E-state index contributed by atoms with van der Waals surface area (Å²) in [5.74, 6) is 1.19. The first-order valence-electron chi connectivity index (χ1n) is 13.5. The van der Waals surface area contributed by atoms with Gasteiger partial charge in [-0.3, -0.25) is 4.79 Å². The number of amides is 1. The first-order chi connectivity index (χ1) is 16.8. The number of ether oxygens (including phenoxy) is 1. The highest BCUT2D eigenvalue weighted by Crippen LogP contribution is 2.34. The minimum Gasteiger partial charge on any atom is -0.491 e. The molecule has 5 N–H and O–H groups in total. The summed E-state index contributed by atoms with van der Waals surface area (Å²) in [7, 11) is 0. The zero-order valence-electron chi connectivity index (χ0n) is 23.5. The van der Waals surface area contributed by atoms with Crippen LogP contribution in [0, 0.1) is 17.8 Å². The summed E-state index contributed by atoms with van der Waals surface area (Å²) >= 11 is 5.75. The van der Waals surface area contributed by atoms with Gasteiger partial charge in [0.05, 0.1) is 12.0 Å². The maximum Gasteiger partial charge on any atom is 0.222 e. The summed E-state index contributed by atoms with van der Waals surface area (Å²) in [4.78, 5) is 12.3. The van der Waals surface area contributed by atoms with Gasteiger partial charge in [-0.25, -0.2) is 0 Å². The number of alkyl halides is 1. The van der Waals surface area contributed by atoms with Gasteiger partial charge < -0.3 is 26.0 Å². The smallest absolute Gasteiger partial charge is 0.222 e. The van der Waals surface area contributed by atoms with Gasteiger partial charge in [0, 0.05) is 18.5 Å². The van der Waals surface area contributed by atoms with Gasteiger partial charge in [0.15, 0.2) is 0 Å². The van der Waals surface area contributed by atoms with Crippen LogP contribution in [0.5, 0.6) is 5.75 Å². The van der Waals surface area contributed by atoms with E-state index in [2.05, 4.69) is 65.1 Å². The molecule has 5 atom stereocenters. The van der Waals surface area contributed by atoms with E-state index in [1.54, 1.807) is 0 Å². The van der Waals surface area contributed by atoms with E-state index < -0.39 is 18.2 Å². The highest BCUT2D eigenvalue weighted by Gasteiger charge is 2.27. The molecule has 0 radical (unpaired) electrons. The monoisotopic (exact) mass is 526 g/mol. The van der Waals surface area contributed by atoms with Crippen LogP contribution in [0.1, 0.15) is 85.3 Å². The predicted octanol–water partition coefficient (Wildman–Crippen LogP) is 4.80. The van der Waals surface area contributed by atoms with Crippen LogP contribution >= 0.6 is 11.6 Å². The quantitative estimate of drug-likeness (QED) is 0.183. The first kappa shape index (κ1) is 32.7. The van der Waals surface area contributed by atoms with Crippen molar-refractivity contribution in [3.63, 3.8) is 0 Å². The molecule has 1 amide bonds. The van der Waals surface area contributed by atoms with Crippen molar-refractivity contribution in [1.29, 1.82) is 0 Å². The molecule has 0 saturated carbocycles. The van der Waals surface area contributed by atoms with Crippen molar-refractivity contribution < 1.29 is 19.7 Å². The van der Waals surface area contributed by atoms with Gasteiger partial charge >= 0.3 is 0 Å². The van der Waals surface area contributed by atoms with E-state index >= 15 is 0 Å². The summed E-state index contributed by atoms with van der Waals surface area (Å²) in [6.45, 7) is 15.5. The van der Waals surface area contributed by atoms with E-state index in [9.17, 15) is 15.0 Å². The highest BCUT2D eigenvalue weighted by atomic mass is 35.5. The van der Waals surface area contributed by atoms with Crippen molar-refractivity contribution in [3.05, 3.63) is 29.3 Å². The standard InChI is InChI=1S/C29H51ClN2O4/c1-8-9-12-32-28(35)20(4)13-26(34)25(31)16-22(19(2)3)14-21-10-11-24(29(5,6)7)27(15-21)36-18-23(33)17-30/h10-11,15,19-20,22-23,25-26,33-34H,8-9,12-14,16-18,31H2,1-7H3,(H,32,35)/t20?,22-,23?,25-,26-/m0/s1. The molecule has 0 heterocycles. The molecule has 208 valence electrons. The number of aliphatic hydroxyl groups excluding tert-OH is 2. The average molecular weight is 527 g/mol. The molecule has 1 aromatic rings. The fourth-order valence-electron chi connectivity index (χ4n) is 4.27. The molecule has 0 aliphatic carbocycles. The second kappa shape index (κ2) is 15.8. The van der Waals surface area contributed by atoms with Crippen LogP contribution in [0.15, 0.2) is 18.2 Å². The molecule has 0 spiro atoms. The van der Waals surface area contributed by atoms with Crippen LogP contribution in [-0.2, 0) is 16.6 Å². The van der Waals surface area contributed by atoms with Crippen LogP contribution < -0.4 is 15.8 Å². The Morgan fingerprint density at radius 1 is 1.17 bits per heavy atom. The molecule has 0 bridgehead atoms. The van der Waals surface area contributed by atoms with E-state index in [-0.39, 0.29) is 35.6 Å². The molecule has 0 aliphatic rings. The Hall–Kier alpha value is -1.34. The summed E-state index contributed by atoms with van der Waals surface area (Å²) in [5.41, 5.74) is 8.54. The number of unbranched alkanes of at least 4 members (excludes halogenated alkanes) is 1. The van der Waals surface area contributed by atoms with Crippen LogP contribution in [0.2, 0.25) is 0 Å². The average Bonchev–Trinajstić information content (AvgIpc) is 2.81. The van der Waals surface area contributed by atoms with Gasteiger partial charge in [0.2, 0.25) is 5.91 Å². The molecule has 7 heteroatoms. The molecular weight excluding hydrogens is 476 g/mol. The number of hydrogen-bond donors (Lipinski definition) is 4. The third kappa shape index (κ3) is 11.4. The number of benzene rings is 1. The van der Waals surface area contributed by atoms with E-state index in [1.807, 2.05) is 6.92 Å². The Morgan fingerprint density at radius 2 is 1.83 bits per heavy atom. The normalized spacial score (nSPS) is 16.3. The largest absolute Gasteiger partial charge is 0.491 e.